The van der Waals surface area contributed by atoms with Gasteiger partial charge in [-0.05, 0) is 44.2 Å². The fourth-order valence-corrected chi connectivity index (χ4v) is 3.36. The second-order valence-corrected chi connectivity index (χ2v) is 7.86. The number of hydrogen-bond donors (Lipinski definition) is 1. The average Bonchev–Trinajstić information content (AvgIpc) is 2.69. The van der Waals surface area contributed by atoms with E-state index < -0.39 is 0 Å². The number of carbonyl (C=O) groups is 1. The molecule has 0 radical (unpaired) electrons. The molecule has 2 aromatic rings. The number of ether oxygens (including phenoxy) is 2. The highest BCUT2D eigenvalue weighted by Gasteiger charge is 2.19. The van der Waals surface area contributed by atoms with Gasteiger partial charge < -0.3 is 19.7 Å². The van der Waals surface area contributed by atoms with Crippen molar-refractivity contribution in [3.63, 3.8) is 0 Å². The van der Waals surface area contributed by atoms with E-state index in [2.05, 4.69) is 27.1 Å². The van der Waals surface area contributed by atoms with Crippen LogP contribution in [0.25, 0.3) is 0 Å². The molecule has 29 heavy (non-hydrogen) atoms. The summed E-state index contributed by atoms with van der Waals surface area (Å²) in [4.78, 5) is 23.6. The number of benzene rings is 1. The summed E-state index contributed by atoms with van der Waals surface area (Å²) in [6, 6.07) is 5.17. The largest absolute Gasteiger partial charge is 0.495 e. The third-order valence-corrected chi connectivity index (χ3v) is 5.40. The number of hydrogen-bond acceptors (Lipinski definition) is 6. The molecule has 0 saturated carbocycles. The Morgan fingerprint density at radius 1 is 1.24 bits per heavy atom. The maximum atomic E-state index is 12.4. The highest BCUT2D eigenvalue weighted by molar-refractivity contribution is 6.31. The van der Waals surface area contributed by atoms with Gasteiger partial charge in [-0.3, -0.25) is 4.79 Å². The summed E-state index contributed by atoms with van der Waals surface area (Å²) in [5, 5.41) is 3.37. The molecule has 1 aromatic carbocycles. The van der Waals surface area contributed by atoms with E-state index in [4.69, 9.17) is 21.1 Å². The van der Waals surface area contributed by atoms with Gasteiger partial charge >= 0.3 is 0 Å². The molecule has 3 rings (SSSR count). The Kier molecular flexibility index (Phi) is 6.79. The van der Waals surface area contributed by atoms with Gasteiger partial charge in [0.15, 0.2) is 6.61 Å². The Morgan fingerprint density at radius 2 is 1.97 bits per heavy atom. The van der Waals surface area contributed by atoms with Crippen LogP contribution in [0.15, 0.2) is 18.2 Å². The predicted octanol–water partition coefficient (Wildman–Crippen LogP) is 4.01. The van der Waals surface area contributed by atoms with Crippen molar-refractivity contribution in [3.8, 4) is 11.6 Å². The molecule has 0 unspecified atom stereocenters. The van der Waals surface area contributed by atoms with Crippen LogP contribution in [-0.4, -0.2) is 42.7 Å². The number of amides is 1. The maximum absolute atomic E-state index is 12.4. The van der Waals surface area contributed by atoms with Crippen LogP contribution in [0.2, 0.25) is 5.02 Å². The van der Waals surface area contributed by atoms with Crippen LogP contribution in [0.1, 0.15) is 31.0 Å². The van der Waals surface area contributed by atoms with Crippen LogP contribution >= 0.6 is 11.6 Å². The summed E-state index contributed by atoms with van der Waals surface area (Å²) in [5.41, 5.74) is 2.19. The number of aromatic nitrogens is 2. The van der Waals surface area contributed by atoms with E-state index >= 15 is 0 Å². The number of halogens is 1. The van der Waals surface area contributed by atoms with E-state index in [1.165, 1.54) is 7.11 Å². The van der Waals surface area contributed by atoms with Gasteiger partial charge in [-0.15, -0.1) is 0 Å². The summed E-state index contributed by atoms with van der Waals surface area (Å²) in [5.74, 6) is 1.95. The SMILES string of the molecule is COc1cc(Cl)c(C)cc1NC(=O)COc1cc(C)nc(N2CCC(C)CC2)n1. The van der Waals surface area contributed by atoms with E-state index in [0.29, 0.717) is 28.3 Å². The van der Waals surface area contributed by atoms with Crippen LogP contribution in [-0.2, 0) is 4.79 Å². The molecule has 1 N–H and O–H groups in total. The van der Waals surface area contributed by atoms with Crippen LogP contribution in [0.3, 0.4) is 0 Å². The summed E-state index contributed by atoms with van der Waals surface area (Å²) >= 11 is 6.11. The smallest absolute Gasteiger partial charge is 0.262 e. The summed E-state index contributed by atoms with van der Waals surface area (Å²) in [6.07, 6.45) is 2.25. The van der Waals surface area contributed by atoms with Gasteiger partial charge in [-0.25, -0.2) is 4.98 Å². The fourth-order valence-electron chi connectivity index (χ4n) is 3.20. The molecule has 1 saturated heterocycles. The average molecular weight is 419 g/mol. The number of carbonyl (C=O) groups excluding carboxylic acids is 1. The zero-order valence-electron chi connectivity index (χ0n) is 17.3. The minimum Gasteiger partial charge on any atom is -0.495 e. The van der Waals surface area contributed by atoms with E-state index in [1.807, 2.05) is 13.8 Å². The van der Waals surface area contributed by atoms with Gasteiger partial charge in [0.05, 0.1) is 12.8 Å². The van der Waals surface area contributed by atoms with Gasteiger partial charge in [0.25, 0.3) is 5.91 Å². The minimum absolute atomic E-state index is 0.169. The Bertz CT molecular complexity index is 882. The predicted molar refractivity (Wildman–Crippen MR) is 114 cm³/mol. The van der Waals surface area contributed by atoms with E-state index in [1.54, 1.807) is 18.2 Å². The lowest BCUT2D eigenvalue weighted by Gasteiger charge is -2.30. The highest BCUT2D eigenvalue weighted by atomic mass is 35.5. The molecule has 0 atom stereocenters. The molecule has 2 heterocycles. The second kappa shape index (κ2) is 9.31. The molecular formula is C21H27ClN4O3. The van der Waals surface area contributed by atoms with Crippen molar-refractivity contribution in [2.24, 2.45) is 5.92 Å². The van der Waals surface area contributed by atoms with Gasteiger partial charge in [0.2, 0.25) is 11.8 Å². The summed E-state index contributed by atoms with van der Waals surface area (Å²) < 4.78 is 10.9. The van der Waals surface area contributed by atoms with Gasteiger partial charge in [-0.2, -0.15) is 4.98 Å². The minimum atomic E-state index is -0.311. The first-order valence-electron chi connectivity index (χ1n) is 9.73. The highest BCUT2D eigenvalue weighted by Crippen LogP contribution is 2.31. The normalized spacial score (nSPS) is 14.6. The third kappa shape index (κ3) is 5.50. The first-order chi connectivity index (χ1) is 13.9. The van der Waals surface area contributed by atoms with Gasteiger partial charge in [0, 0.05) is 35.9 Å². The Morgan fingerprint density at radius 3 is 2.66 bits per heavy atom. The van der Waals surface area contributed by atoms with Crippen LogP contribution in [0.5, 0.6) is 11.6 Å². The number of nitrogens with zero attached hydrogens (tertiary/aromatic N) is 3. The second-order valence-electron chi connectivity index (χ2n) is 7.46. The summed E-state index contributed by atoms with van der Waals surface area (Å²) in [6.45, 7) is 7.71. The summed E-state index contributed by atoms with van der Waals surface area (Å²) in [7, 11) is 1.53. The molecule has 1 aliphatic heterocycles. The fraction of sp³-hybridized carbons (Fsp3) is 0.476. The molecular weight excluding hydrogens is 392 g/mol. The van der Waals surface area contributed by atoms with Crippen LogP contribution < -0.4 is 19.7 Å². The zero-order chi connectivity index (χ0) is 21.0. The van der Waals surface area contributed by atoms with Crippen molar-refractivity contribution in [2.45, 2.75) is 33.6 Å². The molecule has 1 aliphatic rings. The molecule has 1 fully saturated rings. The lowest BCUT2D eigenvalue weighted by Crippen LogP contribution is -2.34. The monoisotopic (exact) mass is 418 g/mol. The van der Waals surface area contributed by atoms with Gasteiger partial charge in [-0.1, -0.05) is 18.5 Å². The van der Waals surface area contributed by atoms with Crippen molar-refractivity contribution in [1.29, 1.82) is 0 Å². The quantitative estimate of drug-likeness (QED) is 0.763. The van der Waals surface area contributed by atoms with Crippen molar-refractivity contribution in [1.82, 2.24) is 9.97 Å². The van der Waals surface area contributed by atoms with E-state index in [-0.39, 0.29) is 12.5 Å². The Hall–Kier alpha value is -2.54. The lowest BCUT2D eigenvalue weighted by molar-refractivity contribution is -0.118. The third-order valence-electron chi connectivity index (χ3n) is 4.99. The van der Waals surface area contributed by atoms with Crippen LogP contribution in [0.4, 0.5) is 11.6 Å². The lowest BCUT2D eigenvalue weighted by atomic mass is 10.00. The standard InChI is InChI=1S/C21H27ClN4O3/c1-13-5-7-26(8-6-13)21-23-15(3)10-20(25-21)29-12-19(27)24-17-9-14(2)16(22)11-18(17)28-4/h9-11,13H,5-8,12H2,1-4H3,(H,24,27). The molecule has 8 heteroatoms. The molecule has 7 nitrogen and oxygen atoms in total. The number of rotatable bonds is 6. The van der Waals surface area contributed by atoms with Gasteiger partial charge in [0.1, 0.15) is 5.75 Å². The van der Waals surface area contributed by atoms with Crippen molar-refractivity contribution in [3.05, 3.63) is 34.5 Å². The first-order valence-corrected chi connectivity index (χ1v) is 10.1. The molecule has 156 valence electrons. The van der Waals surface area contributed by atoms with Crippen molar-refractivity contribution >= 4 is 29.1 Å². The van der Waals surface area contributed by atoms with E-state index in [9.17, 15) is 4.79 Å². The van der Waals surface area contributed by atoms with Crippen molar-refractivity contribution in [2.75, 3.05) is 37.0 Å². The molecule has 0 bridgehead atoms. The zero-order valence-corrected chi connectivity index (χ0v) is 18.0. The maximum Gasteiger partial charge on any atom is 0.262 e. The Labute approximate surface area is 176 Å². The number of nitrogens with one attached hydrogen (secondary N) is 1. The molecule has 0 spiro atoms. The molecule has 0 aliphatic carbocycles. The van der Waals surface area contributed by atoms with Crippen molar-refractivity contribution < 1.29 is 14.3 Å². The number of methoxy groups -OCH3 is 1. The van der Waals surface area contributed by atoms with E-state index in [0.717, 1.165) is 43.1 Å². The number of aryl methyl sites for hydroxylation is 2. The number of piperidine rings is 1. The first kappa shape index (κ1) is 21.2. The number of anilines is 2. The Balaban J connectivity index is 1.64. The van der Waals surface area contributed by atoms with Crippen LogP contribution in [0, 0.1) is 19.8 Å². The molecule has 1 amide bonds. The molecule has 1 aromatic heterocycles. The topological polar surface area (TPSA) is 76.6 Å².